The van der Waals surface area contributed by atoms with Gasteiger partial charge in [0.1, 0.15) is 13.2 Å². The molecule has 0 spiro atoms. The molecule has 0 amide bonds. The van der Waals surface area contributed by atoms with Crippen molar-refractivity contribution in [3.05, 3.63) is 48.6 Å². The number of carbonyl (C=O) groups is 3. The van der Waals surface area contributed by atoms with Crippen LogP contribution < -0.4 is 0 Å². The lowest BCUT2D eigenvalue weighted by atomic mass is 10.1. The van der Waals surface area contributed by atoms with Gasteiger partial charge in [-0.2, -0.15) is 0 Å². The zero-order valence-electron chi connectivity index (χ0n) is 31.2. The molecule has 0 heterocycles. The van der Waals surface area contributed by atoms with Crippen molar-refractivity contribution < 1.29 is 28.6 Å². The van der Waals surface area contributed by atoms with Crippen molar-refractivity contribution in [1.29, 1.82) is 0 Å². The topological polar surface area (TPSA) is 78.9 Å². The van der Waals surface area contributed by atoms with Crippen LogP contribution in [0.25, 0.3) is 0 Å². The minimum atomic E-state index is -0.806. The van der Waals surface area contributed by atoms with E-state index < -0.39 is 12.1 Å². The minimum absolute atomic E-state index is 0.104. The summed E-state index contributed by atoms with van der Waals surface area (Å²) in [5.74, 6) is -1.06. The summed E-state index contributed by atoms with van der Waals surface area (Å²) in [5, 5.41) is 0. The molecule has 0 aromatic rings. The predicted octanol–water partition coefficient (Wildman–Crippen LogP) is 12.0. The molecule has 0 aromatic carbocycles. The Hall–Kier alpha value is -2.63. The molecule has 0 radical (unpaired) electrons. The second kappa shape index (κ2) is 37.2. The fourth-order valence-corrected chi connectivity index (χ4v) is 5.13. The van der Waals surface area contributed by atoms with Crippen molar-refractivity contribution in [3.63, 3.8) is 0 Å². The lowest BCUT2D eigenvalue weighted by molar-refractivity contribution is -0.166. The van der Waals surface area contributed by atoms with Crippen LogP contribution in [0, 0.1) is 0 Å². The highest BCUT2D eigenvalue weighted by molar-refractivity contribution is 5.72. The largest absolute Gasteiger partial charge is 0.462 e. The summed E-state index contributed by atoms with van der Waals surface area (Å²) >= 11 is 0. The molecule has 0 saturated heterocycles. The molecule has 0 aliphatic carbocycles. The molecular weight excluding hydrogens is 600 g/mol. The minimum Gasteiger partial charge on any atom is -0.462 e. The van der Waals surface area contributed by atoms with Gasteiger partial charge in [-0.25, -0.2) is 0 Å². The zero-order valence-corrected chi connectivity index (χ0v) is 31.2. The number of unbranched alkanes of at least 4 members (excludes halogenated alkanes) is 16. The Bertz CT molecular complexity index is 871. The number of hydrogen-bond acceptors (Lipinski definition) is 6. The van der Waals surface area contributed by atoms with Gasteiger partial charge in [-0.05, 0) is 51.4 Å². The van der Waals surface area contributed by atoms with Crippen molar-refractivity contribution in [3.8, 4) is 0 Å². The quantitative estimate of drug-likeness (QED) is 0.0293. The molecule has 0 rings (SSSR count). The van der Waals surface area contributed by atoms with E-state index in [0.717, 1.165) is 77.0 Å². The summed E-state index contributed by atoms with van der Waals surface area (Å²) in [4.78, 5) is 37.3. The van der Waals surface area contributed by atoms with Crippen LogP contribution in [0.15, 0.2) is 48.6 Å². The molecule has 6 nitrogen and oxygen atoms in total. The monoisotopic (exact) mass is 673 g/mol. The molecule has 0 aliphatic heterocycles. The first-order chi connectivity index (χ1) is 23.5. The van der Waals surface area contributed by atoms with Crippen LogP contribution in [-0.4, -0.2) is 37.2 Å². The van der Waals surface area contributed by atoms with E-state index in [4.69, 9.17) is 14.2 Å². The maximum absolute atomic E-state index is 12.6. The van der Waals surface area contributed by atoms with Crippen LogP contribution in [-0.2, 0) is 28.6 Å². The summed E-state index contributed by atoms with van der Waals surface area (Å²) in [6.07, 6.45) is 41.3. The van der Waals surface area contributed by atoms with E-state index in [1.54, 1.807) is 6.08 Å². The molecule has 0 aromatic heterocycles. The van der Waals surface area contributed by atoms with Crippen molar-refractivity contribution >= 4 is 17.9 Å². The Kier molecular flexibility index (Phi) is 35.2. The predicted molar refractivity (Wildman–Crippen MR) is 201 cm³/mol. The van der Waals surface area contributed by atoms with E-state index in [2.05, 4.69) is 57.2 Å². The van der Waals surface area contributed by atoms with E-state index >= 15 is 0 Å². The van der Waals surface area contributed by atoms with Gasteiger partial charge in [0.05, 0.1) is 6.42 Å². The van der Waals surface area contributed by atoms with Gasteiger partial charge in [-0.15, -0.1) is 0 Å². The maximum atomic E-state index is 12.6. The average molecular weight is 673 g/mol. The van der Waals surface area contributed by atoms with Crippen LogP contribution in [0.4, 0.5) is 0 Å². The number of hydrogen-bond donors (Lipinski definition) is 0. The highest BCUT2D eigenvalue weighted by Crippen LogP contribution is 2.13. The molecule has 1 atom stereocenters. The number of ether oxygens (including phenoxy) is 3. The number of carbonyl (C=O) groups excluding carboxylic acids is 3. The third-order valence-electron chi connectivity index (χ3n) is 8.10. The smallest absolute Gasteiger partial charge is 0.309 e. The molecule has 0 bridgehead atoms. The molecule has 0 N–H and O–H groups in total. The Morgan fingerprint density at radius 3 is 1.50 bits per heavy atom. The molecule has 48 heavy (non-hydrogen) atoms. The van der Waals surface area contributed by atoms with Crippen LogP contribution in [0.1, 0.15) is 181 Å². The molecule has 0 saturated carbocycles. The fraction of sp³-hybridized carbons (Fsp3) is 0.738. The highest BCUT2D eigenvalue weighted by Gasteiger charge is 2.19. The highest BCUT2D eigenvalue weighted by atomic mass is 16.6. The van der Waals surface area contributed by atoms with E-state index in [1.807, 2.05) is 6.08 Å². The average Bonchev–Trinajstić information content (AvgIpc) is 3.08. The second-order valence-electron chi connectivity index (χ2n) is 12.8. The Balaban J connectivity index is 4.47. The van der Waals surface area contributed by atoms with Gasteiger partial charge in [0, 0.05) is 12.8 Å². The lowest BCUT2D eigenvalue weighted by Gasteiger charge is -2.18. The maximum Gasteiger partial charge on any atom is 0.309 e. The molecule has 0 fully saturated rings. The van der Waals surface area contributed by atoms with Gasteiger partial charge in [-0.1, -0.05) is 159 Å². The first kappa shape index (κ1) is 45.4. The van der Waals surface area contributed by atoms with E-state index in [9.17, 15) is 14.4 Å². The summed E-state index contributed by atoms with van der Waals surface area (Å²) < 4.78 is 16.5. The third kappa shape index (κ3) is 34.7. The van der Waals surface area contributed by atoms with E-state index in [0.29, 0.717) is 12.8 Å². The van der Waals surface area contributed by atoms with Crippen molar-refractivity contribution in [2.45, 2.75) is 187 Å². The van der Waals surface area contributed by atoms with Gasteiger partial charge in [0.2, 0.25) is 0 Å². The van der Waals surface area contributed by atoms with Gasteiger partial charge in [0.15, 0.2) is 6.10 Å². The number of esters is 3. The van der Waals surface area contributed by atoms with Gasteiger partial charge < -0.3 is 14.2 Å². The number of rotatable bonds is 34. The van der Waals surface area contributed by atoms with Crippen molar-refractivity contribution in [1.82, 2.24) is 0 Å². The normalized spacial score (nSPS) is 12.5. The van der Waals surface area contributed by atoms with Gasteiger partial charge >= 0.3 is 17.9 Å². The zero-order chi connectivity index (χ0) is 35.2. The summed E-state index contributed by atoms with van der Waals surface area (Å²) in [7, 11) is 0. The van der Waals surface area contributed by atoms with Gasteiger partial charge in [0.25, 0.3) is 0 Å². The Morgan fingerprint density at radius 1 is 0.458 bits per heavy atom. The van der Waals surface area contributed by atoms with E-state index in [1.165, 1.54) is 64.2 Å². The van der Waals surface area contributed by atoms with Crippen LogP contribution in [0.5, 0.6) is 0 Å². The molecule has 0 aliphatic rings. The van der Waals surface area contributed by atoms with Crippen LogP contribution in [0.3, 0.4) is 0 Å². The molecule has 6 heteroatoms. The molecular formula is C42H72O6. The van der Waals surface area contributed by atoms with Gasteiger partial charge in [-0.3, -0.25) is 14.4 Å². The summed E-state index contributed by atoms with van der Waals surface area (Å²) in [5.41, 5.74) is 0. The summed E-state index contributed by atoms with van der Waals surface area (Å²) in [6, 6.07) is 0. The van der Waals surface area contributed by atoms with E-state index in [-0.39, 0.29) is 31.6 Å². The standard InChI is InChI=1S/C42H72O6/c1-4-7-10-13-16-19-21-24-26-29-32-35-41(44)47-38-39(37-46-40(43)34-31-28-25-22-18-15-12-9-6-3)48-42(45)36-33-30-27-23-20-17-14-11-8-5-2/h9,12,14,17-18,22,28,31,39H,4-8,10-11,13,15-16,19-21,23-27,29-30,32-38H2,1-3H3/b12-9-,17-14-,22-18-,31-28-. The van der Waals surface area contributed by atoms with Crippen LogP contribution in [0.2, 0.25) is 0 Å². The summed E-state index contributed by atoms with van der Waals surface area (Å²) in [6.45, 7) is 6.33. The SMILES string of the molecule is CC/C=C\C/C=C\C/C=C\CC(=O)OCC(COC(=O)CCCCCCCCCCCCC)OC(=O)CCCCCC/C=C\CCCC. The second-order valence-corrected chi connectivity index (χ2v) is 12.8. The lowest BCUT2D eigenvalue weighted by Crippen LogP contribution is -2.30. The Morgan fingerprint density at radius 2 is 0.917 bits per heavy atom. The molecule has 276 valence electrons. The third-order valence-corrected chi connectivity index (χ3v) is 8.10. The molecule has 1 unspecified atom stereocenters. The Labute approximate surface area is 295 Å². The van der Waals surface area contributed by atoms with Crippen molar-refractivity contribution in [2.24, 2.45) is 0 Å². The van der Waals surface area contributed by atoms with Crippen molar-refractivity contribution in [2.75, 3.05) is 13.2 Å². The van der Waals surface area contributed by atoms with Crippen LogP contribution >= 0.6 is 0 Å². The first-order valence-electron chi connectivity index (χ1n) is 19.6. The first-order valence-corrected chi connectivity index (χ1v) is 19.6. The number of allylic oxidation sites excluding steroid dienone is 7. The fourth-order valence-electron chi connectivity index (χ4n) is 5.13.